The number of nitrogens with one attached hydrogen (secondary N) is 1. The van der Waals surface area contributed by atoms with Crippen LogP contribution in [0.5, 0.6) is 0 Å². The van der Waals surface area contributed by atoms with E-state index in [0.717, 1.165) is 38.5 Å². The predicted octanol–water partition coefficient (Wildman–Crippen LogP) is 3.72. The Balaban J connectivity index is 2.18. The molecular weight excluding hydrogens is 279 g/mol. The van der Waals surface area contributed by atoms with Gasteiger partial charge in [0.25, 0.3) is 0 Å². The van der Waals surface area contributed by atoms with Crippen LogP contribution in [0.15, 0.2) is 18.2 Å². The standard InChI is InChI=1S/C15H20ClFN2O/c16-11-6-5-7-12(13(11)17)19-14(20)15(10-18)8-3-1-2-4-9-15/h5-7H,1-4,8-10,18H2,(H,19,20). The van der Waals surface area contributed by atoms with Gasteiger partial charge in [0.2, 0.25) is 5.91 Å². The zero-order chi connectivity index (χ0) is 14.6. The van der Waals surface area contributed by atoms with Crippen molar-refractivity contribution in [1.29, 1.82) is 0 Å². The van der Waals surface area contributed by atoms with Gasteiger partial charge in [-0.15, -0.1) is 0 Å². The summed E-state index contributed by atoms with van der Waals surface area (Å²) in [6.07, 6.45) is 5.75. The topological polar surface area (TPSA) is 55.1 Å². The Morgan fingerprint density at radius 1 is 1.30 bits per heavy atom. The highest BCUT2D eigenvalue weighted by Gasteiger charge is 2.37. The second kappa shape index (κ2) is 6.55. The quantitative estimate of drug-likeness (QED) is 0.836. The van der Waals surface area contributed by atoms with Gasteiger partial charge in [0, 0.05) is 6.54 Å². The average molecular weight is 299 g/mol. The Bertz CT molecular complexity index is 485. The van der Waals surface area contributed by atoms with Gasteiger partial charge in [-0.1, -0.05) is 43.4 Å². The van der Waals surface area contributed by atoms with E-state index in [1.54, 1.807) is 6.07 Å². The molecule has 0 atom stereocenters. The summed E-state index contributed by atoms with van der Waals surface area (Å²) >= 11 is 5.73. The molecule has 0 spiro atoms. The van der Waals surface area contributed by atoms with Crippen molar-refractivity contribution in [2.45, 2.75) is 38.5 Å². The van der Waals surface area contributed by atoms with E-state index in [2.05, 4.69) is 5.32 Å². The maximum absolute atomic E-state index is 13.9. The van der Waals surface area contributed by atoms with Gasteiger partial charge < -0.3 is 11.1 Å². The number of hydrogen-bond acceptors (Lipinski definition) is 2. The molecule has 0 radical (unpaired) electrons. The highest BCUT2D eigenvalue weighted by Crippen LogP contribution is 2.36. The maximum atomic E-state index is 13.9. The molecule has 0 unspecified atom stereocenters. The number of nitrogens with two attached hydrogens (primary N) is 1. The minimum atomic E-state index is -0.594. The molecule has 1 saturated carbocycles. The lowest BCUT2D eigenvalue weighted by atomic mass is 9.79. The normalized spacial score (nSPS) is 18.4. The highest BCUT2D eigenvalue weighted by atomic mass is 35.5. The summed E-state index contributed by atoms with van der Waals surface area (Å²) in [6.45, 7) is 0.293. The van der Waals surface area contributed by atoms with Gasteiger partial charge in [0.15, 0.2) is 5.82 Å². The van der Waals surface area contributed by atoms with Crippen molar-refractivity contribution in [1.82, 2.24) is 0 Å². The molecule has 1 fully saturated rings. The molecule has 0 aromatic heterocycles. The largest absolute Gasteiger partial charge is 0.329 e. The number of rotatable bonds is 3. The van der Waals surface area contributed by atoms with E-state index in [9.17, 15) is 9.18 Å². The molecule has 1 aromatic carbocycles. The van der Waals surface area contributed by atoms with Crippen molar-refractivity contribution in [2.75, 3.05) is 11.9 Å². The second-order valence-electron chi connectivity index (χ2n) is 5.45. The van der Waals surface area contributed by atoms with Gasteiger partial charge >= 0.3 is 0 Å². The van der Waals surface area contributed by atoms with E-state index in [1.165, 1.54) is 12.1 Å². The molecular formula is C15H20ClFN2O. The molecule has 20 heavy (non-hydrogen) atoms. The van der Waals surface area contributed by atoms with Gasteiger partial charge in [-0.05, 0) is 25.0 Å². The van der Waals surface area contributed by atoms with Crippen LogP contribution in [0.2, 0.25) is 5.02 Å². The third kappa shape index (κ3) is 3.13. The fraction of sp³-hybridized carbons (Fsp3) is 0.533. The van der Waals surface area contributed by atoms with Crippen molar-refractivity contribution in [3.8, 4) is 0 Å². The summed E-state index contributed by atoms with van der Waals surface area (Å²) in [7, 11) is 0. The lowest BCUT2D eigenvalue weighted by Crippen LogP contribution is -2.42. The molecule has 5 heteroatoms. The summed E-state index contributed by atoms with van der Waals surface area (Å²) in [4.78, 5) is 12.5. The highest BCUT2D eigenvalue weighted by molar-refractivity contribution is 6.31. The lowest BCUT2D eigenvalue weighted by molar-refractivity contribution is -0.125. The van der Waals surface area contributed by atoms with Gasteiger partial charge in [-0.2, -0.15) is 0 Å². The monoisotopic (exact) mass is 298 g/mol. The first kappa shape index (κ1) is 15.3. The second-order valence-corrected chi connectivity index (χ2v) is 5.86. The number of halogens is 2. The Labute approximate surface area is 123 Å². The van der Waals surface area contributed by atoms with E-state index in [0.29, 0.717) is 6.54 Å². The van der Waals surface area contributed by atoms with Gasteiger partial charge in [-0.25, -0.2) is 4.39 Å². The van der Waals surface area contributed by atoms with Crippen LogP contribution in [0, 0.1) is 11.2 Å². The Hall–Kier alpha value is -1.13. The third-order valence-electron chi connectivity index (χ3n) is 4.13. The molecule has 1 aromatic rings. The predicted molar refractivity (Wildman–Crippen MR) is 79.2 cm³/mol. The minimum Gasteiger partial charge on any atom is -0.329 e. The zero-order valence-corrected chi connectivity index (χ0v) is 12.2. The van der Waals surface area contributed by atoms with Crippen molar-refractivity contribution >= 4 is 23.2 Å². The Morgan fingerprint density at radius 3 is 2.55 bits per heavy atom. The van der Waals surface area contributed by atoms with Crippen LogP contribution < -0.4 is 11.1 Å². The first-order valence-electron chi connectivity index (χ1n) is 7.05. The zero-order valence-electron chi connectivity index (χ0n) is 11.4. The molecule has 1 aliphatic rings. The van der Waals surface area contributed by atoms with Gasteiger partial charge in [-0.3, -0.25) is 4.79 Å². The van der Waals surface area contributed by atoms with Crippen LogP contribution in [0.4, 0.5) is 10.1 Å². The van der Waals surface area contributed by atoms with Crippen molar-refractivity contribution in [2.24, 2.45) is 11.1 Å². The van der Waals surface area contributed by atoms with Crippen molar-refractivity contribution in [3.63, 3.8) is 0 Å². The van der Waals surface area contributed by atoms with Crippen LogP contribution in [-0.4, -0.2) is 12.5 Å². The molecule has 110 valence electrons. The fourth-order valence-electron chi connectivity index (χ4n) is 2.78. The summed E-state index contributed by atoms with van der Waals surface area (Å²) in [5, 5.41) is 2.67. The smallest absolute Gasteiger partial charge is 0.231 e. The van der Waals surface area contributed by atoms with E-state index in [-0.39, 0.29) is 16.6 Å². The van der Waals surface area contributed by atoms with Crippen LogP contribution in [0.25, 0.3) is 0 Å². The summed E-state index contributed by atoms with van der Waals surface area (Å²) in [6, 6.07) is 4.58. The summed E-state index contributed by atoms with van der Waals surface area (Å²) in [5.74, 6) is -0.786. The van der Waals surface area contributed by atoms with E-state index in [1.807, 2.05) is 0 Å². The Kier molecular flexibility index (Phi) is 5.00. The average Bonchev–Trinajstić information content (AvgIpc) is 2.70. The lowest BCUT2D eigenvalue weighted by Gasteiger charge is -2.29. The molecule has 3 N–H and O–H groups in total. The van der Waals surface area contributed by atoms with Gasteiger partial charge in [0.05, 0.1) is 16.1 Å². The summed E-state index contributed by atoms with van der Waals surface area (Å²) < 4.78 is 13.9. The van der Waals surface area contributed by atoms with Crippen LogP contribution in [0.3, 0.4) is 0 Å². The fourth-order valence-corrected chi connectivity index (χ4v) is 2.96. The number of anilines is 1. The molecule has 0 saturated heterocycles. The van der Waals surface area contributed by atoms with E-state index >= 15 is 0 Å². The minimum absolute atomic E-state index is 0.00506. The number of amides is 1. The van der Waals surface area contributed by atoms with E-state index in [4.69, 9.17) is 17.3 Å². The van der Waals surface area contributed by atoms with Crippen molar-refractivity contribution < 1.29 is 9.18 Å². The summed E-state index contributed by atoms with van der Waals surface area (Å²) in [5.41, 5.74) is 5.40. The van der Waals surface area contributed by atoms with E-state index < -0.39 is 11.2 Å². The number of carbonyl (C=O) groups excluding carboxylic acids is 1. The first-order chi connectivity index (χ1) is 9.59. The SMILES string of the molecule is NCC1(C(=O)Nc2cccc(Cl)c2F)CCCCCC1. The molecule has 0 bridgehead atoms. The number of benzene rings is 1. The molecule has 2 rings (SSSR count). The number of carbonyl (C=O) groups is 1. The molecule has 3 nitrogen and oxygen atoms in total. The Morgan fingerprint density at radius 2 is 1.95 bits per heavy atom. The molecule has 0 heterocycles. The molecule has 1 amide bonds. The van der Waals surface area contributed by atoms with Crippen LogP contribution in [0.1, 0.15) is 38.5 Å². The van der Waals surface area contributed by atoms with Crippen LogP contribution in [-0.2, 0) is 4.79 Å². The number of hydrogen-bond donors (Lipinski definition) is 2. The van der Waals surface area contributed by atoms with Gasteiger partial charge in [0.1, 0.15) is 0 Å². The maximum Gasteiger partial charge on any atom is 0.231 e. The first-order valence-corrected chi connectivity index (χ1v) is 7.42. The molecule has 1 aliphatic carbocycles. The molecule has 0 aliphatic heterocycles. The van der Waals surface area contributed by atoms with Crippen molar-refractivity contribution in [3.05, 3.63) is 29.0 Å². The van der Waals surface area contributed by atoms with Crippen LogP contribution >= 0.6 is 11.6 Å². The third-order valence-corrected chi connectivity index (χ3v) is 4.42.